The fourth-order valence-electron chi connectivity index (χ4n) is 0.957. The molecule has 0 bridgehead atoms. The smallest absolute Gasteiger partial charge is 0.265 e. The van der Waals surface area contributed by atoms with Crippen LogP contribution in [0, 0.1) is 11.3 Å². The van der Waals surface area contributed by atoms with Crippen molar-refractivity contribution in [2.45, 2.75) is 12.8 Å². The predicted molar refractivity (Wildman–Crippen MR) is 50.6 cm³/mol. The first-order valence-electron chi connectivity index (χ1n) is 3.66. The third-order valence-electron chi connectivity index (χ3n) is 1.56. The maximum atomic E-state index is 12.4. The average Bonchev–Trinajstić information content (AvgIpc) is 2.11. The molecule has 0 aliphatic carbocycles. The van der Waals surface area contributed by atoms with Crippen LogP contribution in [0.4, 0.5) is 14.6 Å². The van der Waals surface area contributed by atoms with Crippen LogP contribution in [0.5, 0.6) is 0 Å². The maximum absolute atomic E-state index is 12.4. The summed E-state index contributed by atoms with van der Waals surface area (Å²) in [7, 11) is 0. The molecule has 1 aromatic heterocycles. The van der Waals surface area contributed by atoms with E-state index in [-0.39, 0.29) is 28.0 Å². The Morgan fingerprint density at radius 1 is 1.64 bits per heavy atom. The zero-order chi connectivity index (χ0) is 10.7. The van der Waals surface area contributed by atoms with E-state index in [4.69, 9.17) is 11.0 Å². The number of alkyl halides is 2. The van der Waals surface area contributed by atoms with Gasteiger partial charge in [0.25, 0.3) is 6.43 Å². The van der Waals surface area contributed by atoms with Gasteiger partial charge in [-0.05, 0) is 22.0 Å². The number of aromatic nitrogens is 1. The van der Waals surface area contributed by atoms with Gasteiger partial charge in [0, 0.05) is 5.56 Å². The maximum Gasteiger partial charge on any atom is 0.265 e. The van der Waals surface area contributed by atoms with Crippen molar-refractivity contribution in [1.82, 2.24) is 4.98 Å². The van der Waals surface area contributed by atoms with E-state index in [0.29, 0.717) is 0 Å². The first-order chi connectivity index (χ1) is 6.56. The molecular formula is C8H6BrF2N3. The molecule has 0 unspecified atom stereocenters. The van der Waals surface area contributed by atoms with E-state index >= 15 is 0 Å². The van der Waals surface area contributed by atoms with Crippen molar-refractivity contribution in [3.63, 3.8) is 0 Å². The SMILES string of the molecule is N#CCc1cc(C(F)F)c(Br)c(N)n1. The fourth-order valence-corrected chi connectivity index (χ4v) is 1.33. The predicted octanol–water partition coefficient (Wildman–Crippen LogP) is 2.43. The summed E-state index contributed by atoms with van der Waals surface area (Å²) in [5, 5.41) is 8.38. The van der Waals surface area contributed by atoms with Crippen LogP contribution in [0.1, 0.15) is 17.7 Å². The first-order valence-corrected chi connectivity index (χ1v) is 4.45. The number of nitrogens with zero attached hydrogens (tertiary/aromatic N) is 2. The van der Waals surface area contributed by atoms with Gasteiger partial charge in [-0.25, -0.2) is 13.8 Å². The molecule has 0 spiro atoms. The average molecular weight is 262 g/mol. The minimum atomic E-state index is -2.63. The molecule has 1 aromatic rings. The van der Waals surface area contributed by atoms with E-state index in [2.05, 4.69) is 20.9 Å². The summed E-state index contributed by atoms with van der Waals surface area (Å²) >= 11 is 2.92. The van der Waals surface area contributed by atoms with Gasteiger partial charge in [0.1, 0.15) is 5.82 Å². The Morgan fingerprint density at radius 2 is 2.29 bits per heavy atom. The van der Waals surface area contributed by atoms with Gasteiger partial charge in [-0.1, -0.05) is 0 Å². The third kappa shape index (κ3) is 2.17. The third-order valence-corrected chi connectivity index (χ3v) is 2.42. The molecule has 0 aliphatic heterocycles. The van der Waals surface area contributed by atoms with Crippen LogP contribution >= 0.6 is 15.9 Å². The van der Waals surface area contributed by atoms with Crippen molar-refractivity contribution in [2.75, 3.05) is 5.73 Å². The highest BCUT2D eigenvalue weighted by Gasteiger charge is 2.15. The topological polar surface area (TPSA) is 62.7 Å². The van der Waals surface area contributed by atoms with E-state index < -0.39 is 6.43 Å². The van der Waals surface area contributed by atoms with Crippen LogP contribution in [0.2, 0.25) is 0 Å². The van der Waals surface area contributed by atoms with E-state index in [1.807, 2.05) is 6.07 Å². The molecule has 0 radical (unpaired) electrons. The van der Waals surface area contributed by atoms with Crippen molar-refractivity contribution < 1.29 is 8.78 Å². The number of hydrogen-bond donors (Lipinski definition) is 1. The Balaban J connectivity index is 3.22. The second-order valence-electron chi connectivity index (χ2n) is 2.54. The van der Waals surface area contributed by atoms with Gasteiger partial charge in [0.2, 0.25) is 0 Å². The minimum Gasteiger partial charge on any atom is -0.383 e. The normalized spacial score (nSPS) is 10.2. The van der Waals surface area contributed by atoms with E-state index in [9.17, 15) is 8.78 Å². The Morgan fingerprint density at radius 3 is 2.79 bits per heavy atom. The second-order valence-corrected chi connectivity index (χ2v) is 3.33. The monoisotopic (exact) mass is 261 g/mol. The summed E-state index contributed by atoms with van der Waals surface area (Å²) in [6.45, 7) is 0. The van der Waals surface area contributed by atoms with Crippen LogP contribution < -0.4 is 5.73 Å². The summed E-state index contributed by atoms with van der Waals surface area (Å²) in [4.78, 5) is 3.78. The molecule has 0 saturated heterocycles. The molecular weight excluding hydrogens is 256 g/mol. The van der Waals surface area contributed by atoms with Crippen molar-refractivity contribution >= 4 is 21.7 Å². The molecule has 0 atom stereocenters. The Bertz CT molecular complexity index is 387. The van der Waals surface area contributed by atoms with Crippen molar-refractivity contribution in [3.05, 3.63) is 21.8 Å². The summed E-state index contributed by atoms with van der Waals surface area (Å²) in [6.07, 6.45) is -2.66. The van der Waals surface area contributed by atoms with Crippen LogP contribution in [0.3, 0.4) is 0 Å². The lowest BCUT2D eigenvalue weighted by Crippen LogP contribution is -2.01. The van der Waals surface area contributed by atoms with Gasteiger partial charge in [0.15, 0.2) is 0 Å². The molecule has 2 N–H and O–H groups in total. The minimum absolute atomic E-state index is 0.0203. The quantitative estimate of drug-likeness (QED) is 0.890. The summed E-state index contributed by atoms with van der Waals surface area (Å²) in [5.41, 5.74) is 5.41. The lowest BCUT2D eigenvalue weighted by Gasteiger charge is -2.07. The standard InChI is InChI=1S/C8H6BrF2N3/c9-6-5(7(10)11)3-4(1-2-12)14-8(6)13/h3,7H,1H2,(H2,13,14). The zero-order valence-corrected chi connectivity index (χ0v) is 8.55. The Labute approximate surface area is 87.7 Å². The molecule has 6 heteroatoms. The van der Waals surface area contributed by atoms with Gasteiger partial charge in [-0.15, -0.1) is 0 Å². The number of hydrogen-bond acceptors (Lipinski definition) is 3. The van der Waals surface area contributed by atoms with Gasteiger partial charge in [0.05, 0.1) is 22.7 Å². The second kappa shape index (κ2) is 4.33. The Kier molecular flexibility index (Phi) is 3.36. The van der Waals surface area contributed by atoms with Crippen LogP contribution in [0.25, 0.3) is 0 Å². The van der Waals surface area contributed by atoms with Crippen LogP contribution in [0.15, 0.2) is 10.5 Å². The number of halogens is 3. The highest BCUT2D eigenvalue weighted by molar-refractivity contribution is 9.10. The number of nitrogen functional groups attached to an aromatic ring is 1. The van der Waals surface area contributed by atoms with Gasteiger partial charge in [-0.3, -0.25) is 0 Å². The largest absolute Gasteiger partial charge is 0.383 e. The summed E-state index contributed by atoms with van der Waals surface area (Å²) in [6, 6.07) is 2.99. The molecule has 1 rings (SSSR count). The fraction of sp³-hybridized carbons (Fsp3) is 0.250. The molecule has 0 aliphatic rings. The number of nitriles is 1. The molecule has 0 aromatic carbocycles. The van der Waals surface area contributed by atoms with Crippen molar-refractivity contribution in [1.29, 1.82) is 5.26 Å². The molecule has 0 amide bonds. The van der Waals surface area contributed by atoms with Gasteiger partial charge >= 0.3 is 0 Å². The number of pyridine rings is 1. The zero-order valence-electron chi connectivity index (χ0n) is 6.97. The van der Waals surface area contributed by atoms with E-state index in [1.54, 1.807) is 0 Å². The van der Waals surface area contributed by atoms with E-state index in [0.717, 1.165) is 0 Å². The van der Waals surface area contributed by atoms with Crippen LogP contribution in [-0.4, -0.2) is 4.98 Å². The highest BCUT2D eigenvalue weighted by Crippen LogP contribution is 2.31. The Hall–Kier alpha value is -1.22. The number of nitrogens with two attached hydrogens (primary N) is 1. The first kappa shape index (κ1) is 10.9. The number of rotatable bonds is 2. The molecule has 0 fully saturated rings. The van der Waals surface area contributed by atoms with Gasteiger partial charge in [-0.2, -0.15) is 5.26 Å². The lowest BCUT2D eigenvalue weighted by atomic mass is 10.2. The molecule has 14 heavy (non-hydrogen) atoms. The van der Waals surface area contributed by atoms with E-state index in [1.165, 1.54) is 6.07 Å². The molecule has 1 heterocycles. The highest BCUT2D eigenvalue weighted by atomic mass is 79.9. The van der Waals surface area contributed by atoms with Crippen molar-refractivity contribution in [2.24, 2.45) is 0 Å². The van der Waals surface area contributed by atoms with Crippen molar-refractivity contribution in [3.8, 4) is 6.07 Å². The van der Waals surface area contributed by atoms with Gasteiger partial charge < -0.3 is 5.73 Å². The molecule has 74 valence electrons. The molecule has 0 saturated carbocycles. The summed E-state index contributed by atoms with van der Waals surface area (Å²) < 4.78 is 25.0. The number of anilines is 1. The summed E-state index contributed by atoms with van der Waals surface area (Å²) in [5.74, 6) is -0.0203. The van der Waals surface area contributed by atoms with Crippen LogP contribution in [-0.2, 0) is 6.42 Å². The lowest BCUT2D eigenvalue weighted by molar-refractivity contribution is 0.150. The molecule has 3 nitrogen and oxygen atoms in total.